The number of likely N-dealkylation sites (tertiary alicyclic amines) is 1. The molecule has 0 spiro atoms. The highest BCUT2D eigenvalue weighted by molar-refractivity contribution is 5.82. The van der Waals surface area contributed by atoms with Crippen LogP contribution < -0.4 is 5.32 Å². The molecule has 2 aliphatic rings. The zero-order valence-corrected chi connectivity index (χ0v) is 12.6. The van der Waals surface area contributed by atoms with Crippen molar-refractivity contribution >= 4 is 11.8 Å². The van der Waals surface area contributed by atoms with E-state index in [1.54, 1.807) is 6.33 Å². The lowest BCUT2D eigenvalue weighted by Crippen LogP contribution is -2.43. The monoisotopic (exact) mass is 290 g/mol. The highest BCUT2D eigenvalue weighted by Gasteiger charge is 2.34. The van der Waals surface area contributed by atoms with Crippen molar-refractivity contribution in [1.29, 1.82) is 0 Å². The van der Waals surface area contributed by atoms with E-state index in [2.05, 4.69) is 10.3 Å². The zero-order chi connectivity index (χ0) is 15.0. The fourth-order valence-electron chi connectivity index (χ4n) is 3.20. The van der Waals surface area contributed by atoms with Gasteiger partial charge in [-0.25, -0.2) is 4.98 Å². The molecule has 0 radical (unpaired) electrons. The molecule has 1 aromatic rings. The second-order valence-corrected chi connectivity index (χ2v) is 6.18. The van der Waals surface area contributed by atoms with Crippen molar-refractivity contribution in [3.63, 3.8) is 0 Å². The van der Waals surface area contributed by atoms with Gasteiger partial charge in [-0.3, -0.25) is 9.59 Å². The van der Waals surface area contributed by atoms with Gasteiger partial charge in [0.05, 0.1) is 17.9 Å². The average Bonchev–Trinajstić information content (AvgIpc) is 2.61. The van der Waals surface area contributed by atoms with Gasteiger partial charge in [0.2, 0.25) is 11.8 Å². The minimum absolute atomic E-state index is 0.0490. The summed E-state index contributed by atoms with van der Waals surface area (Å²) >= 11 is 0. The van der Waals surface area contributed by atoms with E-state index >= 15 is 0 Å². The molecule has 3 heterocycles. The van der Waals surface area contributed by atoms with Gasteiger partial charge in [-0.1, -0.05) is 6.42 Å². The number of aryl methyl sites for hydroxylation is 1. The summed E-state index contributed by atoms with van der Waals surface area (Å²) in [6, 6.07) is 0.111. The number of nitrogens with zero attached hydrogens (tertiary/aromatic N) is 3. The maximum atomic E-state index is 12.6. The summed E-state index contributed by atoms with van der Waals surface area (Å²) in [5.41, 5.74) is 1.97. The molecule has 2 aliphatic heterocycles. The lowest BCUT2D eigenvalue weighted by atomic mass is 9.99. The molecule has 0 aromatic carbocycles. The normalized spacial score (nSPS) is 25.4. The van der Waals surface area contributed by atoms with Gasteiger partial charge < -0.3 is 14.8 Å². The van der Waals surface area contributed by atoms with Crippen LogP contribution in [0.5, 0.6) is 0 Å². The van der Waals surface area contributed by atoms with Crippen molar-refractivity contribution in [2.45, 2.75) is 45.7 Å². The van der Waals surface area contributed by atoms with Crippen molar-refractivity contribution in [3.8, 4) is 0 Å². The molecule has 2 amide bonds. The fraction of sp³-hybridized carbons (Fsp3) is 0.667. The summed E-state index contributed by atoms with van der Waals surface area (Å²) in [7, 11) is 0. The predicted octanol–water partition coefficient (Wildman–Crippen LogP) is 0.627. The smallest absolute Gasteiger partial charge is 0.242 e. The molecular formula is C15H22N4O2. The Kier molecular flexibility index (Phi) is 3.69. The molecule has 2 bridgehead atoms. The lowest BCUT2D eigenvalue weighted by Gasteiger charge is -2.27. The Labute approximate surface area is 124 Å². The van der Waals surface area contributed by atoms with Crippen LogP contribution in [0.4, 0.5) is 0 Å². The van der Waals surface area contributed by atoms with Crippen LogP contribution >= 0.6 is 0 Å². The minimum Gasteiger partial charge on any atom is -0.351 e. The molecule has 1 N–H and O–H groups in total. The maximum Gasteiger partial charge on any atom is 0.242 e. The standard InChI is InChI=1S/C15H22N4O2/c1-10-11(2)19(9-16-10)8-14(20)18-6-12-4-3-5-13(7-18)17-15(12)21/h9,12-13H,3-8H2,1-2H3,(H,17,21)/t12-,13+/m0/s1. The summed E-state index contributed by atoms with van der Waals surface area (Å²) < 4.78 is 1.88. The van der Waals surface area contributed by atoms with Crippen LogP contribution in [0.3, 0.4) is 0 Å². The van der Waals surface area contributed by atoms with Gasteiger partial charge in [0.15, 0.2) is 0 Å². The van der Waals surface area contributed by atoms with Crippen LogP contribution in [-0.4, -0.2) is 45.4 Å². The first-order valence-electron chi connectivity index (χ1n) is 7.61. The number of carbonyl (C=O) groups is 2. The van der Waals surface area contributed by atoms with E-state index in [-0.39, 0.29) is 23.8 Å². The van der Waals surface area contributed by atoms with E-state index in [0.717, 1.165) is 30.7 Å². The average molecular weight is 290 g/mol. The van der Waals surface area contributed by atoms with Gasteiger partial charge in [0.25, 0.3) is 0 Å². The van der Waals surface area contributed by atoms with Gasteiger partial charge in [0.1, 0.15) is 6.54 Å². The number of nitrogens with one attached hydrogen (secondary N) is 1. The second kappa shape index (κ2) is 5.50. The molecular weight excluding hydrogens is 268 g/mol. The van der Waals surface area contributed by atoms with Crippen molar-refractivity contribution in [3.05, 3.63) is 17.7 Å². The number of rotatable bonds is 2. The van der Waals surface area contributed by atoms with Crippen molar-refractivity contribution in [1.82, 2.24) is 19.8 Å². The van der Waals surface area contributed by atoms with Crippen LogP contribution in [0.25, 0.3) is 0 Å². The zero-order valence-electron chi connectivity index (χ0n) is 12.6. The Hall–Kier alpha value is -1.85. The van der Waals surface area contributed by atoms with Gasteiger partial charge in [-0.05, 0) is 26.7 Å². The number of hydrogen-bond donors (Lipinski definition) is 1. The fourth-order valence-corrected chi connectivity index (χ4v) is 3.20. The van der Waals surface area contributed by atoms with Gasteiger partial charge in [0, 0.05) is 24.8 Å². The van der Waals surface area contributed by atoms with E-state index in [4.69, 9.17) is 0 Å². The number of aromatic nitrogens is 2. The summed E-state index contributed by atoms with van der Waals surface area (Å²) in [6.45, 7) is 5.40. The molecule has 2 atom stereocenters. The number of amides is 2. The van der Waals surface area contributed by atoms with E-state index in [0.29, 0.717) is 19.6 Å². The first-order chi connectivity index (χ1) is 10.0. The summed E-state index contributed by atoms with van der Waals surface area (Å²) in [5.74, 6) is 0.137. The Bertz CT molecular complexity index is 566. The molecule has 21 heavy (non-hydrogen) atoms. The highest BCUT2D eigenvalue weighted by atomic mass is 16.2. The predicted molar refractivity (Wildman–Crippen MR) is 77.6 cm³/mol. The maximum absolute atomic E-state index is 12.6. The molecule has 6 heteroatoms. The number of carbonyl (C=O) groups excluding carboxylic acids is 2. The van der Waals surface area contributed by atoms with E-state index < -0.39 is 0 Å². The molecule has 2 fully saturated rings. The van der Waals surface area contributed by atoms with Gasteiger partial charge in [-0.15, -0.1) is 0 Å². The Morgan fingerprint density at radius 3 is 2.90 bits per heavy atom. The third-order valence-electron chi connectivity index (χ3n) is 4.71. The first kappa shape index (κ1) is 14.1. The molecule has 0 aliphatic carbocycles. The third-order valence-corrected chi connectivity index (χ3v) is 4.71. The summed E-state index contributed by atoms with van der Waals surface area (Å²) in [6.07, 6.45) is 4.63. The minimum atomic E-state index is -0.0490. The SMILES string of the molecule is Cc1ncn(CC(=O)N2C[C@H]3CCC[C@@H](C2)C(=O)N3)c1C. The molecule has 1 aromatic heterocycles. The van der Waals surface area contributed by atoms with Crippen LogP contribution in [0.2, 0.25) is 0 Å². The van der Waals surface area contributed by atoms with E-state index in [1.165, 1.54) is 0 Å². The number of imidazole rings is 1. The second-order valence-electron chi connectivity index (χ2n) is 6.18. The molecule has 0 unspecified atom stereocenters. The Morgan fingerprint density at radius 1 is 1.38 bits per heavy atom. The van der Waals surface area contributed by atoms with Crippen molar-refractivity contribution in [2.75, 3.05) is 13.1 Å². The quantitative estimate of drug-likeness (QED) is 0.868. The number of fused-ring (bicyclic) bond motifs is 3. The largest absolute Gasteiger partial charge is 0.351 e. The van der Waals surface area contributed by atoms with Crippen LogP contribution in [0.1, 0.15) is 30.7 Å². The Balaban J connectivity index is 1.73. The summed E-state index contributed by atoms with van der Waals surface area (Å²) in [5, 5.41) is 3.05. The van der Waals surface area contributed by atoms with Gasteiger partial charge in [-0.2, -0.15) is 0 Å². The molecule has 3 rings (SSSR count). The number of hydrogen-bond acceptors (Lipinski definition) is 3. The summed E-state index contributed by atoms with van der Waals surface area (Å²) in [4.78, 5) is 30.6. The van der Waals surface area contributed by atoms with Crippen LogP contribution in [0.15, 0.2) is 6.33 Å². The van der Waals surface area contributed by atoms with E-state index in [9.17, 15) is 9.59 Å². The highest BCUT2D eigenvalue weighted by Crippen LogP contribution is 2.22. The van der Waals surface area contributed by atoms with Crippen molar-refractivity contribution < 1.29 is 9.59 Å². The van der Waals surface area contributed by atoms with Crippen LogP contribution in [0, 0.1) is 19.8 Å². The molecule has 114 valence electrons. The third kappa shape index (κ3) is 2.80. The lowest BCUT2D eigenvalue weighted by molar-refractivity contribution is -0.133. The first-order valence-corrected chi connectivity index (χ1v) is 7.61. The molecule has 2 saturated heterocycles. The van der Waals surface area contributed by atoms with Crippen LogP contribution in [-0.2, 0) is 16.1 Å². The van der Waals surface area contributed by atoms with Gasteiger partial charge >= 0.3 is 0 Å². The molecule has 6 nitrogen and oxygen atoms in total. The van der Waals surface area contributed by atoms with Crippen molar-refractivity contribution in [2.24, 2.45) is 5.92 Å². The topological polar surface area (TPSA) is 67.2 Å². The Morgan fingerprint density at radius 2 is 2.19 bits per heavy atom. The molecule has 0 saturated carbocycles. The van der Waals surface area contributed by atoms with E-state index in [1.807, 2.05) is 23.3 Å².